The van der Waals surface area contributed by atoms with Crippen LogP contribution in [0, 0.1) is 6.92 Å². The molecule has 0 bridgehead atoms. The van der Waals surface area contributed by atoms with Gasteiger partial charge in [-0.15, -0.1) is 0 Å². The molecule has 3 nitrogen and oxygen atoms in total. The summed E-state index contributed by atoms with van der Waals surface area (Å²) in [5.41, 5.74) is 6.60. The van der Waals surface area contributed by atoms with Gasteiger partial charge in [0.15, 0.2) is 11.5 Å². The molecule has 0 spiro atoms. The molecule has 0 saturated carbocycles. The third-order valence-corrected chi connectivity index (χ3v) is 2.15. The van der Waals surface area contributed by atoms with Crippen LogP contribution in [0.25, 0.3) is 0 Å². The van der Waals surface area contributed by atoms with Crippen LogP contribution in [-0.2, 0) is 0 Å². The van der Waals surface area contributed by atoms with Crippen LogP contribution in [0.15, 0.2) is 18.2 Å². The Labute approximate surface area is 77.5 Å². The Morgan fingerprint density at radius 1 is 1.54 bits per heavy atom. The summed E-state index contributed by atoms with van der Waals surface area (Å²) in [6.45, 7) is 3.04. The molecule has 2 rings (SSSR count). The normalized spacial score (nSPS) is 20.0. The molecule has 0 aromatic heterocycles. The van der Waals surface area contributed by atoms with Gasteiger partial charge < -0.3 is 15.2 Å². The van der Waals surface area contributed by atoms with E-state index in [1.807, 2.05) is 25.1 Å². The molecule has 0 aliphatic carbocycles. The zero-order valence-electron chi connectivity index (χ0n) is 7.62. The minimum absolute atomic E-state index is 0.00593. The van der Waals surface area contributed by atoms with Crippen molar-refractivity contribution in [2.75, 3.05) is 13.2 Å². The summed E-state index contributed by atoms with van der Waals surface area (Å²) in [5.74, 6) is 1.66. The van der Waals surface area contributed by atoms with Crippen molar-refractivity contribution in [3.05, 3.63) is 23.8 Å². The van der Waals surface area contributed by atoms with Gasteiger partial charge in [0, 0.05) is 6.54 Å². The van der Waals surface area contributed by atoms with Crippen molar-refractivity contribution in [1.82, 2.24) is 0 Å². The van der Waals surface area contributed by atoms with E-state index in [0.717, 1.165) is 17.1 Å². The number of ether oxygens (including phenoxy) is 2. The highest BCUT2D eigenvalue weighted by atomic mass is 16.6. The lowest BCUT2D eigenvalue weighted by Gasteiger charge is -2.26. The van der Waals surface area contributed by atoms with Gasteiger partial charge in [-0.3, -0.25) is 0 Å². The third-order valence-electron chi connectivity index (χ3n) is 2.15. The smallest absolute Gasteiger partial charge is 0.164 e. The Morgan fingerprint density at radius 3 is 3.15 bits per heavy atom. The zero-order valence-corrected chi connectivity index (χ0v) is 7.62. The van der Waals surface area contributed by atoms with E-state index in [-0.39, 0.29) is 6.10 Å². The summed E-state index contributed by atoms with van der Waals surface area (Å²) in [7, 11) is 0. The Kier molecular flexibility index (Phi) is 2.10. The molecule has 0 amide bonds. The van der Waals surface area contributed by atoms with Crippen LogP contribution in [0.3, 0.4) is 0 Å². The van der Waals surface area contributed by atoms with Crippen molar-refractivity contribution in [1.29, 1.82) is 0 Å². The molecule has 1 atom stereocenters. The summed E-state index contributed by atoms with van der Waals surface area (Å²) in [4.78, 5) is 0. The maximum Gasteiger partial charge on any atom is 0.164 e. The minimum Gasteiger partial charge on any atom is -0.486 e. The van der Waals surface area contributed by atoms with Gasteiger partial charge in [-0.2, -0.15) is 0 Å². The Hall–Kier alpha value is -1.22. The average Bonchev–Trinajstić information content (AvgIpc) is 2.18. The molecular weight excluding hydrogens is 166 g/mol. The van der Waals surface area contributed by atoms with Crippen molar-refractivity contribution >= 4 is 0 Å². The number of benzene rings is 1. The fraction of sp³-hybridized carbons (Fsp3) is 0.400. The number of rotatable bonds is 1. The van der Waals surface area contributed by atoms with Crippen molar-refractivity contribution in [3.63, 3.8) is 0 Å². The van der Waals surface area contributed by atoms with Crippen LogP contribution in [0.4, 0.5) is 0 Å². The van der Waals surface area contributed by atoms with Gasteiger partial charge >= 0.3 is 0 Å². The molecular formula is C10H13NO2. The first-order valence-corrected chi connectivity index (χ1v) is 4.40. The van der Waals surface area contributed by atoms with Gasteiger partial charge in [0.25, 0.3) is 0 Å². The van der Waals surface area contributed by atoms with E-state index in [1.54, 1.807) is 0 Å². The maximum absolute atomic E-state index is 5.66. The van der Waals surface area contributed by atoms with Crippen molar-refractivity contribution in [2.45, 2.75) is 13.0 Å². The summed E-state index contributed by atoms with van der Waals surface area (Å²) in [5, 5.41) is 0. The van der Waals surface area contributed by atoms with Gasteiger partial charge in [-0.25, -0.2) is 0 Å². The molecule has 0 saturated heterocycles. The maximum atomic E-state index is 5.66. The molecule has 1 heterocycles. The number of hydrogen-bond acceptors (Lipinski definition) is 3. The van der Waals surface area contributed by atoms with Crippen molar-refractivity contribution < 1.29 is 9.47 Å². The second kappa shape index (κ2) is 3.26. The summed E-state index contributed by atoms with van der Waals surface area (Å²) in [6.07, 6.45) is -0.00593. The van der Waals surface area contributed by atoms with E-state index < -0.39 is 0 Å². The lowest BCUT2D eigenvalue weighted by atomic mass is 10.2. The summed E-state index contributed by atoms with van der Waals surface area (Å²) < 4.78 is 11.2. The van der Waals surface area contributed by atoms with E-state index in [4.69, 9.17) is 15.2 Å². The van der Waals surface area contributed by atoms with Gasteiger partial charge in [0.1, 0.15) is 12.7 Å². The second-order valence-electron chi connectivity index (χ2n) is 3.19. The molecule has 0 fully saturated rings. The minimum atomic E-state index is -0.00593. The van der Waals surface area contributed by atoms with Gasteiger partial charge in [0.05, 0.1) is 0 Å². The number of aryl methyl sites for hydroxylation is 1. The van der Waals surface area contributed by atoms with Crippen LogP contribution < -0.4 is 15.2 Å². The first-order valence-electron chi connectivity index (χ1n) is 4.40. The zero-order chi connectivity index (χ0) is 9.26. The number of nitrogens with two attached hydrogens (primary N) is 1. The van der Waals surface area contributed by atoms with E-state index in [1.165, 1.54) is 0 Å². The topological polar surface area (TPSA) is 44.5 Å². The lowest BCUT2D eigenvalue weighted by molar-refractivity contribution is 0.0959. The first-order chi connectivity index (χ1) is 6.31. The quantitative estimate of drug-likeness (QED) is 0.702. The number of para-hydroxylation sites is 1. The van der Waals surface area contributed by atoms with Crippen LogP contribution in [0.1, 0.15) is 5.56 Å². The second-order valence-corrected chi connectivity index (χ2v) is 3.19. The monoisotopic (exact) mass is 179 g/mol. The highest BCUT2D eigenvalue weighted by Gasteiger charge is 2.20. The predicted octanol–water partition coefficient (Wildman–Crippen LogP) is 1.09. The van der Waals surface area contributed by atoms with Crippen molar-refractivity contribution in [3.8, 4) is 11.5 Å². The summed E-state index contributed by atoms with van der Waals surface area (Å²) in [6, 6.07) is 5.87. The summed E-state index contributed by atoms with van der Waals surface area (Å²) >= 11 is 0. The highest BCUT2D eigenvalue weighted by Crippen LogP contribution is 2.34. The molecule has 2 N–H and O–H groups in total. The van der Waals surface area contributed by atoms with E-state index in [0.29, 0.717) is 13.2 Å². The van der Waals surface area contributed by atoms with E-state index in [9.17, 15) is 0 Å². The van der Waals surface area contributed by atoms with Crippen LogP contribution in [0.2, 0.25) is 0 Å². The SMILES string of the molecule is Cc1cccc2c1OC(CN)CO2. The molecule has 0 radical (unpaired) electrons. The molecule has 70 valence electrons. The molecule has 13 heavy (non-hydrogen) atoms. The van der Waals surface area contributed by atoms with Crippen molar-refractivity contribution in [2.24, 2.45) is 5.73 Å². The van der Waals surface area contributed by atoms with Gasteiger partial charge in [-0.05, 0) is 18.6 Å². The van der Waals surface area contributed by atoms with E-state index >= 15 is 0 Å². The Bertz CT molecular complexity index is 312. The molecule has 1 aliphatic heterocycles. The lowest BCUT2D eigenvalue weighted by Crippen LogP contribution is -2.35. The molecule has 1 aromatic carbocycles. The molecule has 1 unspecified atom stereocenters. The Morgan fingerprint density at radius 2 is 2.38 bits per heavy atom. The third kappa shape index (κ3) is 1.47. The largest absolute Gasteiger partial charge is 0.486 e. The van der Waals surface area contributed by atoms with Gasteiger partial charge in [0.2, 0.25) is 0 Å². The van der Waals surface area contributed by atoms with Crippen LogP contribution in [0.5, 0.6) is 11.5 Å². The average molecular weight is 179 g/mol. The molecule has 1 aliphatic rings. The molecule has 1 aromatic rings. The fourth-order valence-electron chi connectivity index (χ4n) is 1.39. The van der Waals surface area contributed by atoms with Gasteiger partial charge in [-0.1, -0.05) is 12.1 Å². The number of fused-ring (bicyclic) bond motifs is 1. The van der Waals surface area contributed by atoms with Crippen LogP contribution >= 0.6 is 0 Å². The number of hydrogen-bond donors (Lipinski definition) is 1. The van der Waals surface area contributed by atoms with E-state index in [2.05, 4.69) is 0 Å². The predicted molar refractivity (Wildman–Crippen MR) is 50.1 cm³/mol. The molecule has 3 heteroatoms. The standard InChI is InChI=1S/C10H13NO2/c1-7-3-2-4-9-10(7)13-8(5-11)6-12-9/h2-4,8H,5-6,11H2,1H3. The first kappa shape index (κ1) is 8.38. The highest BCUT2D eigenvalue weighted by molar-refractivity contribution is 5.46. The van der Waals surface area contributed by atoms with Crippen LogP contribution in [-0.4, -0.2) is 19.3 Å². The Balaban J connectivity index is 2.32. The fourth-order valence-corrected chi connectivity index (χ4v) is 1.39.